The standard InChI is InChI=1S/C11H9N3O3S/c12-8-9(15)13-5-14-10(8)18-7-3-1-2-6(4-7)11(16)17/h1-5H,12H2,(H,16,17)(H,13,14,15). The minimum absolute atomic E-state index is 0.0169. The lowest BCUT2D eigenvalue weighted by molar-refractivity contribution is 0.0696. The first-order valence-corrected chi connectivity index (χ1v) is 5.74. The molecule has 0 fully saturated rings. The van der Waals surface area contributed by atoms with Crippen molar-refractivity contribution in [1.82, 2.24) is 9.97 Å². The van der Waals surface area contributed by atoms with Crippen LogP contribution in [0.4, 0.5) is 5.69 Å². The number of nitrogens with two attached hydrogens (primary N) is 1. The average molecular weight is 263 g/mol. The molecule has 1 heterocycles. The molecule has 0 atom stereocenters. The minimum Gasteiger partial charge on any atom is -0.478 e. The van der Waals surface area contributed by atoms with Crippen LogP contribution in [0.2, 0.25) is 0 Å². The van der Waals surface area contributed by atoms with Gasteiger partial charge in [-0.1, -0.05) is 17.8 Å². The fraction of sp³-hybridized carbons (Fsp3) is 0. The lowest BCUT2D eigenvalue weighted by Gasteiger charge is -2.03. The SMILES string of the molecule is Nc1c(Sc2cccc(C(=O)O)c2)nc[nH]c1=O. The van der Waals surface area contributed by atoms with Crippen LogP contribution < -0.4 is 11.3 Å². The fourth-order valence-corrected chi connectivity index (χ4v) is 2.14. The molecule has 0 aliphatic rings. The summed E-state index contributed by atoms with van der Waals surface area (Å²) >= 11 is 1.14. The van der Waals surface area contributed by atoms with Crippen LogP contribution in [0.1, 0.15) is 10.4 Å². The number of aromatic carboxylic acids is 1. The number of nitrogens with one attached hydrogen (secondary N) is 1. The van der Waals surface area contributed by atoms with E-state index in [0.29, 0.717) is 9.92 Å². The van der Waals surface area contributed by atoms with Crippen molar-refractivity contribution in [3.63, 3.8) is 0 Å². The second-order valence-corrected chi connectivity index (χ2v) is 4.45. The molecule has 0 amide bonds. The molecule has 0 saturated heterocycles. The Morgan fingerprint density at radius 3 is 2.94 bits per heavy atom. The van der Waals surface area contributed by atoms with Crippen molar-refractivity contribution in [1.29, 1.82) is 0 Å². The topological polar surface area (TPSA) is 109 Å². The smallest absolute Gasteiger partial charge is 0.335 e. The van der Waals surface area contributed by atoms with E-state index in [4.69, 9.17) is 10.8 Å². The van der Waals surface area contributed by atoms with Gasteiger partial charge >= 0.3 is 5.97 Å². The zero-order chi connectivity index (χ0) is 13.1. The number of nitrogen functional groups attached to an aromatic ring is 1. The van der Waals surface area contributed by atoms with Crippen molar-refractivity contribution in [2.75, 3.05) is 5.73 Å². The highest BCUT2D eigenvalue weighted by Gasteiger charge is 2.08. The minimum atomic E-state index is -1.01. The van der Waals surface area contributed by atoms with E-state index in [-0.39, 0.29) is 11.3 Å². The van der Waals surface area contributed by atoms with Crippen LogP contribution in [0.25, 0.3) is 0 Å². The largest absolute Gasteiger partial charge is 0.478 e. The van der Waals surface area contributed by atoms with Crippen LogP contribution in [0.3, 0.4) is 0 Å². The Balaban J connectivity index is 2.34. The number of rotatable bonds is 3. The predicted octanol–water partition coefficient (Wildman–Crippen LogP) is 1.20. The maximum Gasteiger partial charge on any atom is 0.335 e. The quantitative estimate of drug-likeness (QED) is 0.718. The zero-order valence-corrected chi connectivity index (χ0v) is 9.90. The van der Waals surface area contributed by atoms with Gasteiger partial charge in [0.25, 0.3) is 5.56 Å². The molecule has 0 unspecified atom stereocenters. The summed E-state index contributed by atoms with van der Waals surface area (Å²) in [6.45, 7) is 0. The normalized spacial score (nSPS) is 10.2. The van der Waals surface area contributed by atoms with E-state index in [0.717, 1.165) is 11.8 Å². The van der Waals surface area contributed by atoms with Gasteiger partial charge in [-0.2, -0.15) is 0 Å². The number of carbonyl (C=O) groups is 1. The Bertz CT molecular complexity index is 654. The molecule has 7 heteroatoms. The molecule has 1 aromatic heterocycles. The number of nitrogens with zero attached hydrogens (tertiary/aromatic N) is 1. The molecule has 0 aliphatic carbocycles. The van der Waals surface area contributed by atoms with Crippen LogP contribution in [0, 0.1) is 0 Å². The first kappa shape index (κ1) is 12.2. The van der Waals surface area contributed by atoms with E-state index >= 15 is 0 Å². The Labute approximate surface area is 106 Å². The van der Waals surface area contributed by atoms with Crippen molar-refractivity contribution in [3.8, 4) is 0 Å². The van der Waals surface area contributed by atoms with Gasteiger partial charge < -0.3 is 15.8 Å². The number of aromatic nitrogens is 2. The molecule has 18 heavy (non-hydrogen) atoms. The van der Waals surface area contributed by atoms with Crippen LogP contribution >= 0.6 is 11.8 Å². The van der Waals surface area contributed by atoms with E-state index < -0.39 is 11.5 Å². The Hall–Kier alpha value is -2.28. The summed E-state index contributed by atoms with van der Waals surface area (Å²) in [6.07, 6.45) is 1.25. The summed E-state index contributed by atoms with van der Waals surface area (Å²) in [4.78, 5) is 29.1. The molecule has 1 aromatic carbocycles. The molecule has 0 radical (unpaired) electrons. The zero-order valence-electron chi connectivity index (χ0n) is 9.08. The molecule has 0 saturated carbocycles. The highest BCUT2D eigenvalue weighted by atomic mass is 32.2. The summed E-state index contributed by atoms with van der Waals surface area (Å²) in [5.41, 5.74) is 5.36. The molecule has 0 bridgehead atoms. The van der Waals surface area contributed by atoms with Gasteiger partial charge in [-0.25, -0.2) is 9.78 Å². The maximum absolute atomic E-state index is 11.3. The van der Waals surface area contributed by atoms with Gasteiger partial charge in [0.15, 0.2) is 0 Å². The first-order valence-electron chi connectivity index (χ1n) is 4.92. The van der Waals surface area contributed by atoms with Crippen LogP contribution in [-0.2, 0) is 0 Å². The van der Waals surface area contributed by atoms with Crippen molar-refractivity contribution >= 4 is 23.4 Å². The maximum atomic E-state index is 11.3. The average Bonchev–Trinajstić information content (AvgIpc) is 2.35. The second-order valence-electron chi connectivity index (χ2n) is 3.39. The number of benzene rings is 1. The summed E-state index contributed by atoms with van der Waals surface area (Å²) in [6, 6.07) is 6.32. The molecule has 0 aliphatic heterocycles. The molecule has 4 N–H and O–H groups in total. The third kappa shape index (κ3) is 2.51. The summed E-state index contributed by atoms with van der Waals surface area (Å²) < 4.78 is 0. The number of H-pyrrole nitrogens is 1. The Morgan fingerprint density at radius 1 is 1.44 bits per heavy atom. The van der Waals surface area contributed by atoms with Crippen molar-refractivity contribution in [2.24, 2.45) is 0 Å². The highest BCUT2D eigenvalue weighted by Crippen LogP contribution is 2.28. The van der Waals surface area contributed by atoms with Gasteiger partial charge in [-0.3, -0.25) is 4.79 Å². The van der Waals surface area contributed by atoms with Crippen LogP contribution in [-0.4, -0.2) is 21.0 Å². The van der Waals surface area contributed by atoms with Gasteiger partial charge in [-0.05, 0) is 18.2 Å². The Kier molecular flexibility index (Phi) is 3.33. The van der Waals surface area contributed by atoms with Gasteiger partial charge in [0.05, 0.1) is 11.9 Å². The van der Waals surface area contributed by atoms with E-state index in [1.807, 2.05) is 0 Å². The van der Waals surface area contributed by atoms with Crippen LogP contribution in [0.5, 0.6) is 0 Å². The lowest BCUT2D eigenvalue weighted by Crippen LogP contribution is -2.13. The number of aromatic amines is 1. The monoisotopic (exact) mass is 263 g/mol. The number of carboxylic acids is 1. The first-order chi connectivity index (χ1) is 8.58. The van der Waals surface area contributed by atoms with Crippen LogP contribution in [0.15, 0.2) is 45.3 Å². The van der Waals surface area contributed by atoms with Gasteiger partial charge in [0.2, 0.25) is 0 Å². The number of carboxylic acid groups (broad SMARTS) is 1. The van der Waals surface area contributed by atoms with Crippen molar-refractivity contribution < 1.29 is 9.90 Å². The molecule has 6 nitrogen and oxygen atoms in total. The number of hydrogen-bond acceptors (Lipinski definition) is 5. The summed E-state index contributed by atoms with van der Waals surface area (Å²) in [5, 5.41) is 9.22. The van der Waals surface area contributed by atoms with Crippen molar-refractivity contribution in [3.05, 3.63) is 46.5 Å². The molecule has 0 spiro atoms. The third-order valence-corrected chi connectivity index (χ3v) is 3.16. The fourth-order valence-electron chi connectivity index (χ4n) is 1.28. The summed E-state index contributed by atoms with van der Waals surface area (Å²) in [7, 11) is 0. The third-order valence-electron chi connectivity index (χ3n) is 2.15. The molecule has 2 rings (SSSR count). The van der Waals surface area contributed by atoms with E-state index in [1.54, 1.807) is 12.1 Å². The van der Waals surface area contributed by atoms with Gasteiger partial charge in [0.1, 0.15) is 10.7 Å². The Morgan fingerprint density at radius 2 is 2.22 bits per heavy atom. The molecular formula is C11H9N3O3S. The van der Waals surface area contributed by atoms with E-state index in [9.17, 15) is 9.59 Å². The lowest BCUT2D eigenvalue weighted by atomic mass is 10.2. The highest BCUT2D eigenvalue weighted by molar-refractivity contribution is 7.99. The molecule has 92 valence electrons. The van der Waals surface area contributed by atoms with Crippen molar-refractivity contribution in [2.45, 2.75) is 9.92 Å². The molecule has 2 aromatic rings. The van der Waals surface area contributed by atoms with Gasteiger partial charge in [0, 0.05) is 4.90 Å². The van der Waals surface area contributed by atoms with E-state index in [1.165, 1.54) is 18.5 Å². The number of anilines is 1. The second kappa shape index (κ2) is 4.92. The molecular weight excluding hydrogens is 254 g/mol. The van der Waals surface area contributed by atoms with Gasteiger partial charge in [-0.15, -0.1) is 0 Å². The summed E-state index contributed by atoms with van der Waals surface area (Å²) in [5.74, 6) is -1.01. The predicted molar refractivity (Wildman–Crippen MR) is 66.8 cm³/mol. The number of hydrogen-bond donors (Lipinski definition) is 3. The van der Waals surface area contributed by atoms with E-state index in [2.05, 4.69) is 9.97 Å².